The van der Waals surface area contributed by atoms with E-state index in [1.165, 1.54) is 12.1 Å². The van der Waals surface area contributed by atoms with Crippen LogP contribution in [-0.4, -0.2) is 82.4 Å². The van der Waals surface area contributed by atoms with Gasteiger partial charge in [-0.1, -0.05) is 24.3 Å². The van der Waals surface area contributed by atoms with Crippen molar-refractivity contribution in [1.82, 2.24) is 15.0 Å². The highest BCUT2D eigenvalue weighted by Crippen LogP contribution is 2.34. The number of para-hydroxylation sites is 1. The van der Waals surface area contributed by atoms with Crippen LogP contribution in [0.4, 0.5) is 42.4 Å². The van der Waals surface area contributed by atoms with Crippen LogP contribution in [0, 0.1) is 0 Å². The third kappa shape index (κ3) is 8.58. The van der Waals surface area contributed by atoms with E-state index in [4.69, 9.17) is 27.9 Å². The highest BCUT2D eigenvalue weighted by molar-refractivity contribution is 5.94. The zero-order valence-corrected chi connectivity index (χ0v) is 25.2. The number of aromatic nitrogens is 3. The summed E-state index contributed by atoms with van der Waals surface area (Å²) in [6.07, 6.45) is -4.43. The van der Waals surface area contributed by atoms with Gasteiger partial charge in [0.1, 0.15) is 6.10 Å². The quantitative estimate of drug-likeness (QED) is 0.176. The number of carbonyl (C=O) groups excluding carboxylic acids is 1. The Kier molecular flexibility index (Phi) is 10.2. The number of hydrogen-bond donors (Lipinski definition) is 7. The number of hydrogen-bond acceptors (Lipinski definition) is 12. The number of anilines is 5. The number of aliphatic hydroxyl groups is 1. The van der Waals surface area contributed by atoms with Crippen LogP contribution < -0.4 is 43.4 Å². The molecule has 5 rings (SSSR count). The molecule has 2 aliphatic rings. The van der Waals surface area contributed by atoms with Crippen LogP contribution in [0.15, 0.2) is 48.5 Å². The van der Waals surface area contributed by atoms with Crippen molar-refractivity contribution in [2.75, 3.05) is 46.6 Å². The summed E-state index contributed by atoms with van der Waals surface area (Å²) in [6.45, 7) is 2.18. The molecule has 1 amide bonds. The lowest BCUT2D eigenvalue weighted by Crippen LogP contribution is -2.54. The van der Waals surface area contributed by atoms with E-state index in [9.17, 15) is 23.1 Å². The fraction of sp³-hybridized carbons (Fsp3) is 0.467. The third-order valence-electron chi connectivity index (χ3n) is 7.92. The molecule has 1 aromatic heterocycles. The molecule has 2 fully saturated rings. The summed E-state index contributed by atoms with van der Waals surface area (Å²) in [5, 5.41) is 15.7. The van der Waals surface area contributed by atoms with Gasteiger partial charge in [0, 0.05) is 56.0 Å². The highest BCUT2D eigenvalue weighted by Gasteiger charge is 2.34. The molecule has 248 valence electrons. The molecule has 0 saturated carbocycles. The molecule has 11 N–H and O–H groups in total. The van der Waals surface area contributed by atoms with Crippen LogP contribution in [0.2, 0.25) is 0 Å². The van der Waals surface area contributed by atoms with Crippen molar-refractivity contribution in [3.8, 4) is 0 Å². The van der Waals surface area contributed by atoms with E-state index in [0.717, 1.165) is 17.7 Å². The van der Waals surface area contributed by atoms with Crippen molar-refractivity contribution in [3.63, 3.8) is 0 Å². The first-order valence-corrected chi connectivity index (χ1v) is 15.1. The number of halogens is 3. The molecular weight excluding hydrogens is 603 g/mol. The minimum Gasteiger partial charge on any atom is -0.383 e. The van der Waals surface area contributed by atoms with Gasteiger partial charge in [-0.25, -0.2) is 0 Å². The maximum Gasteiger partial charge on any atom is 0.418 e. The summed E-state index contributed by atoms with van der Waals surface area (Å²) >= 11 is 0. The molecule has 13 nitrogen and oxygen atoms in total. The lowest BCUT2D eigenvalue weighted by Gasteiger charge is -2.37. The van der Waals surface area contributed by atoms with Crippen LogP contribution in [0.1, 0.15) is 30.4 Å². The van der Waals surface area contributed by atoms with E-state index in [-0.39, 0.29) is 30.6 Å². The summed E-state index contributed by atoms with van der Waals surface area (Å²) in [4.78, 5) is 30.4. The number of amides is 1. The van der Waals surface area contributed by atoms with Gasteiger partial charge in [0.15, 0.2) is 0 Å². The number of nitrogens with one attached hydrogen (secondary N) is 2. The van der Waals surface area contributed by atoms with Gasteiger partial charge in [-0.3, -0.25) is 4.79 Å². The number of nitrogens with two attached hydrogens (primary N) is 4. The van der Waals surface area contributed by atoms with Crippen LogP contribution in [-0.2, 0) is 17.4 Å². The zero-order valence-electron chi connectivity index (χ0n) is 25.2. The number of nitrogens with zero attached hydrogens (tertiary/aromatic N) is 5. The minimum atomic E-state index is -4.64. The number of alkyl halides is 3. The summed E-state index contributed by atoms with van der Waals surface area (Å²) in [6, 6.07) is 11.3. The van der Waals surface area contributed by atoms with Gasteiger partial charge in [-0.2, -0.15) is 28.1 Å². The van der Waals surface area contributed by atoms with Crippen molar-refractivity contribution < 1.29 is 23.1 Å². The second-order valence-electron chi connectivity index (χ2n) is 12.0. The maximum atomic E-state index is 13.3. The topological polar surface area (TPSA) is 211 Å². The van der Waals surface area contributed by atoms with E-state index in [0.29, 0.717) is 69.0 Å². The number of rotatable bonds is 9. The Morgan fingerprint density at radius 3 is 1.89 bits per heavy atom. The Balaban J connectivity index is 1.25. The Hall–Kier alpha value is -4.09. The van der Waals surface area contributed by atoms with Crippen molar-refractivity contribution in [2.24, 2.45) is 22.9 Å². The normalized spacial score (nSPS) is 22.8. The first-order valence-electron chi connectivity index (χ1n) is 15.1. The number of piperidine rings is 2. The molecule has 0 spiro atoms. The smallest absolute Gasteiger partial charge is 0.383 e. The van der Waals surface area contributed by atoms with Gasteiger partial charge >= 0.3 is 6.18 Å². The van der Waals surface area contributed by atoms with Crippen LogP contribution in [0.25, 0.3) is 0 Å². The monoisotopic (exact) mass is 643 g/mol. The summed E-state index contributed by atoms with van der Waals surface area (Å²) < 4.78 is 39.8. The molecule has 2 aromatic carbocycles. The molecule has 3 heterocycles. The van der Waals surface area contributed by atoms with Gasteiger partial charge in [-0.15, -0.1) is 0 Å². The number of aryl methyl sites for hydroxylation is 1. The average Bonchev–Trinajstić information content (AvgIpc) is 2.99. The van der Waals surface area contributed by atoms with Crippen molar-refractivity contribution in [3.05, 3.63) is 59.7 Å². The number of carbonyl (C=O) groups is 1. The van der Waals surface area contributed by atoms with Gasteiger partial charge in [-0.05, 0) is 55.5 Å². The predicted octanol–water partition coefficient (Wildman–Crippen LogP) is 1.30. The Morgan fingerprint density at radius 2 is 1.37 bits per heavy atom. The molecule has 16 heteroatoms. The molecule has 2 saturated heterocycles. The van der Waals surface area contributed by atoms with Gasteiger partial charge < -0.3 is 48.5 Å². The lowest BCUT2D eigenvalue weighted by molar-refractivity contribution is -0.137. The summed E-state index contributed by atoms with van der Waals surface area (Å²) in [5.74, 6) is 0.266. The molecule has 0 aliphatic carbocycles. The minimum absolute atomic E-state index is 0.00714. The van der Waals surface area contributed by atoms with E-state index in [2.05, 4.69) is 20.6 Å². The Bertz CT molecular complexity index is 1430. The molecule has 0 radical (unpaired) electrons. The van der Waals surface area contributed by atoms with Gasteiger partial charge in [0.25, 0.3) is 5.91 Å². The van der Waals surface area contributed by atoms with Gasteiger partial charge in [0.2, 0.25) is 17.8 Å². The second kappa shape index (κ2) is 14.1. The van der Waals surface area contributed by atoms with E-state index in [1.807, 2.05) is 9.80 Å². The van der Waals surface area contributed by atoms with Crippen molar-refractivity contribution >= 4 is 35.1 Å². The van der Waals surface area contributed by atoms with Crippen LogP contribution in [0.5, 0.6) is 0 Å². The standard InChI is InChI=1S/C30H40F3N11O2/c31-30(32,33)23-3-1-2-4-24(23)39-26(46)25(45)10-7-17-5-8-22(9-6-17)38-27-40-28(43-13-18(34)11-19(35)14-43)42-29(41-27)44-15-20(36)12-21(37)16-44/h1-6,8-9,18-21,25,45H,7,10-16,34-37H2,(H,39,46)(H,38,40,41,42). The SMILES string of the molecule is NC1CC(N)CN(c2nc(Nc3ccc(CCC(O)C(=O)Nc4ccccc4C(F)(F)F)cc3)nc(N3CC(N)CC(N)C3)n2)C1. The third-order valence-corrected chi connectivity index (χ3v) is 7.92. The predicted molar refractivity (Wildman–Crippen MR) is 170 cm³/mol. The fourth-order valence-electron chi connectivity index (χ4n) is 5.75. The molecule has 0 bridgehead atoms. The van der Waals surface area contributed by atoms with Crippen LogP contribution in [0.3, 0.4) is 0 Å². The Morgan fingerprint density at radius 1 is 0.848 bits per heavy atom. The first-order chi connectivity index (χ1) is 21.8. The lowest BCUT2D eigenvalue weighted by atomic mass is 10.0. The van der Waals surface area contributed by atoms with Crippen molar-refractivity contribution in [2.45, 2.75) is 62.1 Å². The van der Waals surface area contributed by atoms with E-state index in [1.54, 1.807) is 24.3 Å². The molecule has 2 aliphatic heterocycles. The molecule has 5 unspecified atom stereocenters. The summed E-state index contributed by atoms with van der Waals surface area (Å²) in [5.41, 5.74) is 25.0. The van der Waals surface area contributed by atoms with E-state index < -0.39 is 29.4 Å². The Labute approximate surface area is 264 Å². The largest absolute Gasteiger partial charge is 0.418 e. The number of benzene rings is 2. The van der Waals surface area contributed by atoms with Crippen molar-refractivity contribution in [1.29, 1.82) is 0 Å². The highest BCUT2D eigenvalue weighted by atomic mass is 19.4. The zero-order chi connectivity index (χ0) is 33.0. The average molecular weight is 644 g/mol. The van der Waals surface area contributed by atoms with E-state index >= 15 is 0 Å². The molecule has 3 aromatic rings. The molecular formula is C30H40F3N11O2. The first kappa shape index (κ1) is 33.3. The molecule has 5 atom stereocenters. The second-order valence-corrected chi connectivity index (χ2v) is 12.0. The summed E-state index contributed by atoms with van der Waals surface area (Å²) in [7, 11) is 0. The maximum absolute atomic E-state index is 13.3. The fourth-order valence-corrected chi connectivity index (χ4v) is 5.75. The van der Waals surface area contributed by atoms with Gasteiger partial charge in [0.05, 0.1) is 11.3 Å². The van der Waals surface area contributed by atoms with Crippen LogP contribution >= 0.6 is 0 Å². The molecule has 46 heavy (non-hydrogen) atoms. The number of aliphatic hydroxyl groups excluding tert-OH is 1.